The summed E-state index contributed by atoms with van der Waals surface area (Å²) in [6.07, 6.45) is 4.27. The van der Waals surface area contributed by atoms with E-state index in [0.717, 1.165) is 12.0 Å². The van der Waals surface area contributed by atoms with E-state index in [1.807, 2.05) is 18.2 Å². The molecular weight excluding hydrogens is 256 g/mol. The van der Waals surface area contributed by atoms with Crippen LogP contribution in [0.25, 0.3) is 5.57 Å². The molecule has 2 aromatic carbocycles. The molecule has 2 aromatic rings. The van der Waals surface area contributed by atoms with Crippen LogP contribution in [0.1, 0.15) is 29.9 Å². The molecule has 0 aromatic heterocycles. The zero-order valence-corrected chi connectivity index (χ0v) is 12.0. The first-order valence-corrected chi connectivity index (χ1v) is 7.83. The van der Waals surface area contributed by atoms with E-state index in [-0.39, 0.29) is 6.10 Å². The fourth-order valence-corrected chi connectivity index (χ4v) is 4.16. The summed E-state index contributed by atoms with van der Waals surface area (Å²) in [5, 5.41) is 10.9. The lowest BCUT2D eigenvalue weighted by atomic mass is 9.79. The van der Waals surface area contributed by atoms with E-state index >= 15 is 0 Å². The van der Waals surface area contributed by atoms with Gasteiger partial charge in [-0.25, -0.2) is 0 Å². The molecule has 0 unspecified atom stereocenters. The molecule has 1 saturated carbocycles. The van der Waals surface area contributed by atoms with Gasteiger partial charge in [-0.05, 0) is 47.3 Å². The Hall–Kier alpha value is -1.86. The van der Waals surface area contributed by atoms with Gasteiger partial charge >= 0.3 is 0 Å². The van der Waals surface area contributed by atoms with Gasteiger partial charge in [0, 0.05) is 0 Å². The van der Waals surface area contributed by atoms with Crippen molar-refractivity contribution in [3.05, 3.63) is 77.9 Å². The Morgan fingerprint density at radius 2 is 1.48 bits per heavy atom. The smallest absolute Gasteiger partial charge is 0.0827 e. The fourth-order valence-electron chi connectivity index (χ4n) is 4.16. The Kier molecular flexibility index (Phi) is 3.16. The minimum absolute atomic E-state index is 0.337. The van der Waals surface area contributed by atoms with Gasteiger partial charge in [-0.3, -0.25) is 0 Å². The lowest BCUT2D eigenvalue weighted by molar-refractivity contribution is 0.149. The molecule has 2 bridgehead atoms. The summed E-state index contributed by atoms with van der Waals surface area (Å²) in [4.78, 5) is 0. The Morgan fingerprint density at radius 1 is 0.810 bits per heavy atom. The van der Waals surface area contributed by atoms with Crippen LogP contribution in [0, 0.1) is 11.8 Å². The summed E-state index contributed by atoms with van der Waals surface area (Å²) >= 11 is 0. The molecule has 21 heavy (non-hydrogen) atoms. The van der Waals surface area contributed by atoms with E-state index < -0.39 is 0 Å². The van der Waals surface area contributed by atoms with Gasteiger partial charge in [0.25, 0.3) is 0 Å². The van der Waals surface area contributed by atoms with Crippen molar-refractivity contribution in [3.8, 4) is 0 Å². The first-order valence-electron chi connectivity index (χ1n) is 7.83. The third-order valence-electron chi connectivity index (χ3n) is 5.12. The van der Waals surface area contributed by atoms with Gasteiger partial charge < -0.3 is 5.11 Å². The van der Waals surface area contributed by atoms with Crippen molar-refractivity contribution in [3.63, 3.8) is 0 Å². The SMILES string of the molecule is O[C@@H]1C(c2ccccc2)=C[C@H]2C[C@@H]1[C@@H](c1ccccc1)C2. The largest absolute Gasteiger partial charge is 0.388 e. The third-order valence-corrected chi connectivity index (χ3v) is 5.12. The maximum atomic E-state index is 10.9. The van der Waals surface area contributed by atoms with Gasteiger partial charge in [0.05, 0.1) is 6.10 Å². The average Bonchev–Trinajstić information content (AvgIpc) is 2.92. The van der Waals surface area contributed by atoms with E-state index in [1.54, 1.807) is 0 Å². The lowest BCUT2D eigenvalue weighted by Gasteiger charge is -2.29. The summed E-state index contributed by atoms with van der Waals surface area (Å²) in [6, 6.07) is 21.0. The van der Waals surface area contributed by atoms with Crippen molar-refractivity contribution >= 4 is 5.57 Å². The summed E-state index contributed by atoms with van der Waals surface area (Å²) in [5.74, 6) is 1.46. The third kappa shape index (κ3) is 2.22. The van der Waals surface area contributed by atoms with Crippen molar-refractivity contribution in [1.82, 2.24) is 0 Å². The number of hydrogen-bond acceptors (Lipinski definition) is 1. The van der Waals surface area contributed by atoms with E-state index in [0.29, 0.717) is 17.8 Å². The van der Waals surface area contributed by atoms with Crippen LogP contribution >= 0.6 is 0 Å². The van der Waals surface area contributed by atoms with E-state index in [9.17, 15) is 5.11 Å². The van der Waals surface area contributed by atoms with Crippen LogP contribution in [0.2, 0.25) is 0 Å². The average molecular weight is 276 g/mol. The molecule has 2 aliphatic rings. The molecule has 0 radical (unpaired) electrons. The Bertz CT molecular complexity index is 644. The van der Waals surface area contributed by atoms with Crippen LogP contribution in [0.15, 0.2) is 66.7 Å². The van der Waals surface area contributed by atoms with Gasteiger partial charge in [-0.2, -0.15) is 0 Å². The molecule has 4 rings (SSSR count). The minimum Gasteiger partial charge on any atom is -0.388 e. The number of allylic oxidation sites excluding steroid dienone is 1. The predicted octanol–water partition coefficient (Wildman–Crippen LogP) is 4.25. The van der Waals surface area contributed by atoms with Gasteiger partial charge in [0.2, 0.25) is 0 Å². The van der Waals surface area contributed by atoms with Gasteiger partial charge in [0.1, 0.15) is 0 Å². The van der Waals surface area contributed by atoms with Crippen molar-refractivity contribution in [1.29, 1.82) is 0 Å². The van der Waals surface area contributed by atoms with Crippen LogP contribution in [0.4, 0.5) is 0 Å². The minimum atomic E-state index is -0.337. The van der Waals surface area contributed by atoms with Crippen molar-refractivity contribution in [2.24, 2.45) is 11.8 Å². The maximum absolute atomic E-state index is 10.9. The second-order valence-electron chi connectivity index (χ2n) is 6.35. The summed E-state index contributed by atoms with van der Waals surface area (Å²) in [7, 11) is 0. The normalized spacial score (nSPS) is 31.0. The number of fused-ring (bicyclic) bond motifs is 2. The highest BCUT2D eigenvalue weighted by Gasteiger charge is 2.43. The molecule has 0 amide bonds. The molecule has 1 heteroatoms. The number of rotatable bonds is 2. The van der Waals surface area contributed by atoms with E-state index in [4.69, 9.17) is 0 Å². The van der Waals surface area contributed by atoms with Crippen LogP contribution in [-0.2, 0) is 0 Å². The Labute approximate surface area is 126 Å². The predicted molar refractivity (Wildman–Crippen MR) is 85.8 cm³/mol. The Balaban J connectivity index is 1.67. The van der Waals surface area contributed by atoms with Crippen LogP contribution in [0.5, 0.6) is 0 Å². The number of hydrogen-bond donors (Lipinski definition) is 1. The number of aliphatic hydroxyl groups is 1. The lowest BCUT2D eigenvalue weighted by Crippen LogP contribution is -2.26. The molecule has 1 fully saturated rings. The van der Waals surface area contributed by atoms with Crippen LogP contribution in [0.3, 0.4) is 0 Å². The quantitative estimate of drug-likeness (QED) is 0.869. The standard InChI is InChI=1S/C20H20O/c21-20-18(16-9-5-2-6-10-16)12-14-11-17(19(20)13-14)15-7-3-1-4-8-15/h1-10,12,14,17,19-21H,11,13H2/t14-,17+,19+,20+/m0/s1. The zero-order chi connectivity index (χ0) is 14.2. The highest BCUT2D eigenvalue weighted by Crippen LogP contribution is 2.51. The molecule has 0 spiro atoms. The highest BCUT2D eigenvalue weighted by molar-refractivity contribution is 5.70. The molecule has 106 valence electrons. The fraction of sp³-hybridized carbons (Fsp3) is 0.300. The zero-order valence-electron chi connectivity index (χ0n) is 12.0. The summed E-state index contributed by atoms with van der Waals surface area (Å²) in [5.41, 5.74) is 3.69. The summed E-state index contributed by atoms with van der Waals surface area (Å²) < 4.78 is 0. The van der Waals surface area contributed by atoms with Crippen molar-refractivity contribution in [2.75, 3.05) is 0 Å². The molecule has 0 saturated heterocycles. The molecule has 0 heterocycles. The molecule has 1 N–H and O–H groups in total. The molecule has 0 aliphatic heterocycles. The second kappa shape index (κ2) is 5.16. The van der Waals surface area contributed by atoms with Gasteiger partial charge in [-0.15, -0.1) is 0 Å². The van der Waals surface area contributed by atoms with Gasteiger partial charge in [-0.1, -0.05) is 66.7 Å². The number of benzene rings is 2. The van der Waals surface area contributed by atoms with E-state index in [1.165, 1.54) is 17.5 Å². The van der Waals surface area contributed by atoms with Crippen molar-refractivity contribution in [2.45, 2.75) is 24.9 Å². The van der Waals surface area contributed by atoms with Crippen molar-refractivity contribution < 1.29 is 5.11 Å². The topological polar surface area (TPSA) is 20.2 Å². The maximum Gasteiger partial charge on any atom is 0.0827 e. The van der Waals surface area contributed by atoms with Gasteiger partial charge in [0.15, 0.2) is 0 Å². The van der Waals surface area contributed by atoms with Crippen LogP contribution < -0.4 is 0 Å². The first kappa shape index (κ1) is 12.8. The number of aliphatic hydroxyl groups excluding tert-OH is 1. The highest BCUT2D eigenvalue weighted by atomic mass is 16.3. The van der Waals surface area contributed by atoms with Crippen LogP contribution in [-0.4, -0.2) is 11.2 Å². The monoisotopic (exact) mass is 276 g/mol. The molecule has 2 aliphatic carbocycles. The molecule has 4 atom stereocenters. The first-order chi connectivity index (χ1) is 10.3. The summed E-state index contributed by atoms with van der Waals surface area (Å²) in [6.45, 7) is 0. The second-order valence-corrected chi connectivity index (χ2v) is 6.35. The Morgan fingerprint density at radius 3 is 2.19 bits per heavy atom. The molecular formula is C20H20O. The molecule has 1 nitrogen and oxygen atoms in total. The van der Waals surface area contributed by atoms with E-state index in [2.05, 4.69) is 48.5 Å².